The highest BCUT2D eigenvalue weighted by Gasteiger charge is 2.04. The average molecular weight is 316 g/mol. The second-order valence-corrected chi connectivity index (χ2v) is 6.26. The van der Waals surface area contributed by atoms with E-state index in [2.05, 4.69) is 64.7 Å². The van der Waals surface area contributed by atoms with Crippen LogP contribution in [0.2, 0.25) is 0 Å². The van der Waals surface area contributed by atoms with Gasteiger partial charge in [0.1, 0.15) is 0 Å². The Kier molecular flexibility index (Phi) is 6.52. The van der Waals surface area contributed by atoms with Crippen LogP contribution in [0.1, 0.15) is 39.2 Å². The van der Waals surface area contributed by atoms with E-state index in [9.17, 15) is 0 Å². The summed E-state index contributed by atoms with van der Waals surface area (Å²) in [6, 6.07) is 8.51. The predicted molar refractivity (Wildman–Crippen MR) is 94.9 cm³/mol. The summed E-state index contributed by atoms with van der Waals surface area (Å²) in [6.07, 6.45) is 5.72. The van der Waals surface area contributed by atoms with Crippen molar-refractivity contribution in [2.45, 2.75) is 45.2 Å². The highest BCUT2D eigenvalue weighted by Crippen LogP contribution is 2.19. The highest BCUT2D eigenvalue weighted by atomic mass is 32.2. The predicted octanol–water partition coefficient (Wildman–Crippen LogP) is 4.95. The van der Waals surface area contributed by atoms with E-state index in [-0.39, 0.29) is 0 Å². The normalized spacial score (nSPS) is 11.7. The van der Waals surface area contributed by atoms with E-state index in [0.717, 1.165) is 23.0 Å². The Bertz CT molecular complexity index is 601. The van der Waals surface area contributed by atoms with Gasteiger partial charge in [-0.05, 0) is 44.4 Å². The standard InChI is InChI=1S/C17H24N4S/c1-4-6-7-14-8-10-15(11-9-14)18-16-19-17(21-20-16)22-12-13(3)5-2/h5,8-11H,4,6-7,12H2,1-3H3,(H2,18,19,20,21)/b13-5+. The molecule has 0 bridgehead atoms. The number of unbranched alkanes of at least 4 members (excludes halogenated alkanes) is 1. The zero-order chi connectivity index (χ0) is 15.8. The van der Waals surface area contributed by atoms with Crippen molar-refractivity contribution in [3.8, 4) is 0 Å². The summed E-state index contributed by atoms with van der Waals surface area (Å²) in [4.78, 5) is 4.44. The Hall–Kier alpha value is -1.75. The molecule has 0 saturated heterocycles. The summed E-state index contributed by atoms with van der Waals surface area (Å²) in [5.41, 5.74) is 3.73. The Morgan fingerprint density at radius 2 is 2.09 bits per heavy atom. The first-order valence-corrected chi connectivity index (χ1v) is 8.72. The summed E-state index contributed by atoms with van der Waals surface area (Å²) < 4.78 is 0. The van der Waals surface area contributed by atoms with E-state index in [1.807, 2.05) is 6.92 Å². The minimum Gasteiger partial charge on any atom is -0.325 e. The van der Waals surface area contributed by atoms with Crippen LogP contribution in [0.4, 0.5) is 11.6 Å². The van der Waals surface area contributed by atoms with Gasteiger partial charge in [0.2, 0.25) is 11.1 Å². The molecule has 0 aliphatic heterocycles. The second kappa shape index (κ2) is 8.63. The maximum Gasteiger partial charge on any atom is 0.223 e. The molecule has 0 radical (unpaired) electrons. The number of thioether (sulfide) groups is 1. The molecule has 5 heteroatoms. The van der Waals surface area contributed by atoms with Crippen LogP contribution in [0.3, 0.4) is 0 Å². The van der Waals surface area contributed by atoms with Crippen molar-refractivity contribution in [1.29, 1.82) is 0 Å². The van der Waals surface area contributed by atoms with E-state index >= 15 is 0 Å². The number of anilines is 2. The minimum atomic E-state index is 0.682. The highest BCUT2D eigenvalue weighted by molar-refractivity contribution is 7.99. The average Bonchev–Trinajstić information content (AvgIpc) is 2.99. The SMILES string of the molecule is C/C=C(\C)CSc1n[nH]c(Nc2ccc(CCCC)cc2)n1. The van der Waals surface area contributed by atoms with Gasteiger partial charge in [-0.2, -0.15) is 4.98 Å². The van der Waals surface area contributed by atoms with Crippen molar-refractivity contribution in [1.82, 2.24) is 15.2 Å². The molecule has 0 aliphatic rings. The first-order chi connectivity index (χ1) is 10.7. The molecule has 2 rings (SSSR count). The number of hydrogen-bond donors (Lipinski definition) is 2. The smallest absolute Gasteiger partial charge is 0.223 e. The van der Waals surface area contributed by atoms with Gasteiger partial charge in [0.05, 0.1) is 0 Å². The number of benzene rings is 1. The van der Waals surface area contributed by atoms with Crippen molar-refractivity contribution >= 4 is 23.4 Å². The van der Waals surface area contributed by atoms with Gasteiger partial charge < -0.3 is 5.32 Å². The zero-order valence-electron chi connectivity index (χ0n) is 13.5. The fraction of sp³-hybridized carbons (Fsp3) is 0.412. The maximum absolute atomic E-state index is 4.44. The van der Waals surface area contributed by atoms with Gasteiger partial charge in [-0.15, -0.1) is 5.10 Å². The van der Waals surface area contributed by atoms with Crippen molar-refractivity contribution in [2.75, 3.05) is 11.1 Å². The number of aromatic nitrogens is 3. The number of rotatable bonds is 8. The third-order valence-electron chi connectivity index (χ3n) is 3.42. The van der Waals surface area contributed by atoms with Crippen molar-refractivity contribution in [3.63, 3.8) is 0 Å². The van der Waals surface area contributed by atoms with Gasteiger partial charge in [-0.3, -0.25) is 0 Å². The molecule has 0 spiro atoms. The van der Waals surface area contributed by atoms with Crippen LogP contribution in [0.5, 0.6) is 0 Å². The Morgan fingerprint density at radius 1 is 1.32 bits per heavy atom. The lowest BCUT2D eigenvalue weighted by molar-refractivity contribution is 0.795. The van der Waals surface area contributed by atoms with E-state index in [4.69, 9.17) is 0 Å². The number of nitrogens with one attached hydrogen (secondary N) is 2. The van der Waals surface area contributed by atoms with Gasteiger partial charge in [-0.25, -0.2) is 5.10 Å². The summed E-state index contributed by atoms with van der Waals surface area (Å²) >= 11 is 1.63. The van der Waals surface area contributed by atoms with Gasteiger partial charge in [0.15, 0.2) is 0 Å². The molecule has 118 valence electrons. The number of nitrogens with zero attached hydrogens (tertiary/aromatic N) is 2. The molecule has 4 nitrogen and oxygen atoms in total. The van der Waals surface area contributed by atoms with Crippen LogP contribution in [0.15, 0.2) is 41.1 Å². The molecular formula is C17H24N4S. The number of H-pyrrole nitrogens is 1. The zero-order valence-corrected chi connectivity index (χ0v) is 14.3. The molecule has 0 atom stereocenters. The fourth-order valence-electron chi connectivity index (χ4n) is 1.90. The largest absolute Gasteiger partial charge is 0.325 e. The minimum absolute atomic E-state index is 0.682. The lowest BCUT2D eigenvalue weighted by Gasteiger charge is -2.04. The first kappa shape index (κ1) is 16.6. The topological polar surface area (TPSA) is 53.6 Å². The number of aryl methyl sites for hydroxylation is 1. The van der Waals surface area contributed by atoms with E-state index < -0.39 is 0 Å². The summed E-state index contributed by atoms with van der Waals surface area (Å²) in [5.74, 6) is 1.60. The molecule has 1 aromatic heterocycles. The molecule has 1 aromatic carbocycles. The number of aromatic amines is 1. The Balaban J connectivity index is 1.89. The fourth-order valence-corrected chi connectivity index (χ4v) is 2.69. The van der Waals surface area contributed by atoms with Crippen molar-refractivity contribution < 1.29 is 0 Å². The lowest BCUT2D eigenvalue weighted by atomic mass is 10.1. The van der Waals surface area contributed by atoms with Crippen LogP contribution in [-0.2, 0) is 6.42 Å². The Labute approximate surface area is 136 Å². The third kappa shape index (κ3) is 5.22. The quantitative estimate of drug-likeness (QED) is 0.534. The third-order valence-corrected chi connectivity index (χ3v) is 4.46. The number of hydrogen-bond acceptors (Lipinski definition) is 4. The van der Waals surface area contributed by atoms with Crippen LogP contribution in [0.25, 0.3) is 0 Å². The van der Waals surface area contributed by atoms with Crippen molar-refractivity contribution in [3.05, 3.63) is 41.5 Å². The molecule has 2 aromatic rings. The molecule has 0 fully saturated rings. The monoisotopic (exact) mass is 316 g/mol. The van der Waals surface area contributed by atoms with Gasteiger partial charge >= 0.3 is 0 Å². The van der Waals surface area contributed by atoms with Gasteiger partial charge in [-0.1, -0.05) is 48.9 Å². The van der Waals surface area contributed by atoms with E-state index in [1.165, 1.54) is 24.0 Å². The Morgan fingerprint density at radius 3 is 2.77 bits per heavy atom. The summed E-state index contributed by atoms with van der Waals surface area (Å²) in [6.45, 7) is 6.37. The molecule has 22 heavy (non-hydrogen) atoms. The molecule has 0 amide bonds. The van der Waals surface area contributed by atoms with Crippen LogP contribution >= 0.6 is 11.8 Å². The molecule has 1 heterocycles. The molecule has 2 N–H and O–H groups in total. The second-order valence-electron chi connectivity index (χ2n) is 5.32. The molecule has 0 saturated carbocycles. The molecule has 0 unspecified atom stereocenters. The van der Waals surface area contributed by atoms with E-state index in [0.29, 0.717) is 5.95 Å². The van der Waals surface area contributed by atoms with Crippen LogP contribution in [0, 0.1) is 0 Å². The maximum atomic E-state index is 4.44. The molecule has 0 aliphatic carbocycles. The summed E-state index contributed by atoms with van der Waals surface area (Å²) in [5, 5.41) is 11.2. The number of allylic oxidation sites excluding steroid dienone is 1. The summed E-state index contributed by atoms with van der Waals surface area (Å²) in [7, 11) is 0. The molecular weight excluding hydrogens is 292 g/mol. The van der Waals surface area contributed by atoms with Crippen LogP contribution in [-0.4, -0.2) is 20.9 Å². The van der Waals surface area contributed by atoms with Crippen LogP contribution < -0.4 is 5.32 Å². The van der Waals surface area contributed by atoms with Crippen molar-refractivity contribution in [2.24, 2.45) is 0 Å². The van der Waals surface area contributed by atoms with Gasteiger partial charge in [0.25, 0.3) is 0 Å². The lowest BCUT2D eigenvalue weighted by Crippen LogP contribution is -1.93. The van der Waals surface area contributed by atoms with Gasteiger partial charge in [0, 0.05) is 11.4 Å². The van der Waals surface area contributed by atoms with E-state index in [1.54, 1.807) is 11.8 Å². The first-order valence-electron chi connectivity index (χ1n) is 7.74.